The largest absolute Gasteiger partial charge is 0.457 e. The highest BCUT2D eigenvalue weighted by atomic mass is 16.5. The van der Waals surface area contributed by atoms with Crippen LogP contribution in [0.3, 0.4) is 0 Å². The minimum atomic E-state index is -0.507. The summed E-state index contributed by atoms with van der Waals surface area (Å²) < 4.78 is 10.8. The van der Waals surface area contributed by atoms with Crippen molar-refractivity contribution in [2.75, 3.05) is 26.8 Å². The van der Waals surface area contributed by atoms with Crippen LogP contribution in [0.25, 0.3) is 0 Å². The van der Waals surface area contributed by atoms with Crippen molar-refractivity contribution in [1.29, 1.82) is 0 Å². The predicted molar refractivity (Wildman–Crippen MR) is 92.7 cm³/mol. The van der Waals surface area contributed by atoms with E-state index in [4.69, 9.17) is 9.47 Å². The molecule has 2 aromatic rings. The molecule has 1 aliphatic heterocycles. The van der Waals surface area contributed by atoms with E-state index < -0.39 is 5.92 Å². The molecule has 0 radical (unpaired) electrons. The fourth-order valence-corrected chi connectivity index (χ4v) is 2.82. The van der Waals surface area contributed by atoms with Crippen LogP contribution >= 0.6 is 0 Å². The zero-order valence-electron chi connectivity index (χ0n) is 14.0. The van der Waals surface area contributed by atoms with E-state index in [9.17, 15) is 9.59 Å². The van der Waals surface area contributed by atoms with Crippen molar-refractivity contribution in [3.8, 4) is 11.5 Å². The molecule has 3 rings (SSSR count). The van der Waals surface area contributed by atoms with Crippen LogP contribution in [0.5, 0.6) is 11.5 Å². The van der Waals surface area contributed by atoms with Gasteiger partial charge in [0.2, 0.25) is 11.8 Å². The van der Waals surface area contributed by atoms with Crippen molar-refractivity contribution < 1.29 is 19.1 Å². The van der Waals surface area contributed by atoms with Gasteiger partial charge in [0.1, 0.15) is 11.5 Å². The molecule has 2 aromatic carbocycles. The number of para-hydroxylation sites is 2. The lowest BCUT2D eigenvalue weighted by atomic mass is 9.87. The number of benzene rings is 2. The van der Waals surface area contributed by atoms with Gasteiger partial charge in [-0.25, -0.2) is 0 Å². The van der Waals surface area contributed by atoms with Crippen LogP contribution in [-0.4, -0.2) is 38.6 Å². The van der Waals surface area contributed by atoms with Crippen LogP contribution in [0.15, 0.2) is 48.5 Å². The van der Waals surface area contributed by atoms with Crippen molar-refractivity contribution in [3.05, 3.63) is 59.7 Å². The number of rotatable bonds is 6. The summed E-state index contributed by atoms with van der Waals surface area (Å²) in [5.74, 6) is 0.328. The Morgan fingerprint density at radius 3 is 2.20 bits per heavy atom. The summed E-state index contributed by atoms with van der Waals surface area (Å²) in [4.78, 5) is 24.6. The van der Waals surface area contributed by atoms with Crippen LogP contribution in [0, 0.1) is 0 Å². The minimum absolute atomic E-state index is 0.0791. The van der Waals surface area contributed by atoms with Crippen LogP contribution in [0.4, 0.5) is 0 Å². The van der Waals surface area contributed by atoms with E-state index in [1.54, 1.807) is 7.11 Å². The molecule has 0 saturated carbocycles. The maximum absolute atomic E-state index is 12.8. The molecule has 0 aliphatic carbocycles. The summed E-state index contributed by atoms with van der Waals surface area (Å²) in [7, 11) is 1.56. The fraction of sp³-hybridized carbons (Fsp3) is 0.263. The Kier molecular flexibility index (Phi) is 5.30. The van der Waals surface area contributed by atoms with Gasteiger partial charge < -0.3 is 20.1 Å². The van der Waals surface area contributed by atoms with Gasteiger partial charge >= 0.3 is 0 Å². The number of methoxy groups -OCH3 is 1. The van der Waals surface area contributed by atoms with Crippen molar-refractivity contribution in [1.82, 2.24) is 10.6 Å². The van der Waals surface area contributed by atoms with E-state index in [0.29, 0.717) is 24.7 Å². The lowest BCUT2D eigenvalue weighted by Gasteiger charge is -2.27. The molecule has 0 saturated heterocycles. The van der Waals surface area contributed by atoms with Gasteiger partial charge in [-0.2, -0.15) is 0 Å². The summed E-state index contributed by atoms with van der Waals surface area (Å²) in [5, 5.41) is 5.39. The van der Waals surface area contributed by atoms with E-state index in [1.807, 2.05) is 48.5 Å². The molecule has 2 amide bonds. The second-order valence-electron chi connectivity index (χ2n) is 5.67. The Morgan fingerprint density at radius 1 is 1.00 bits per heavy atom. The van der Waals surface area contributed by atoms with E-state index in [0.717, 1.165) is 11.1 Å². The van der Waals surface area contributed by atoms with Gasteiger partial charge in [-0.1, -0.05) is 36.4 Å². The number of amides is 2. The highest BCUT2D eigenvalue weighted by Crippen LogP contribution is 2.43. The molecule has 25 heavy (non-hydrogen) atoms. The van der Waals surface area contributed by atoms with Gasteiger partial charge in [-0.3, -0.25) is 9.59 Å². The van der Waals surface area contributed by atoms with Crippen molar-refractivity contribution >= 4 is 11.8 Å². The number of carbonyl (C=O) groups excluding carboxylic acids is 2. The number of hydrogen-bond donors (Lipinski definition) is 2. The standard InChI is InChI=1S/C19H20N2O4/c1-24-11-10-20-17(22)12-21-19(23)18-13-6-2-4-8-15(13)25-16-9-5-3-7-14(16)18/h2-9,18H,10-12H2,1H3,(H,20,22)(H,21,23). The monoisotopic (exact) mass is 340 g/mol. The molecular formula is C19H20N2O4. The lowest BCUT2D eigenvalue weighted by molar-refractivity contribution is -0.126. The number of hydrogen-bond acceptors (Lipinski definition) is 4. The molecule has 0 bridgehead atoms. The smallest absolute Gasteiger partial charge is 0.239 e. The Morgan fingerprint density at radius 2 is 1.60 bits per heavy atom. The molecule has 0 fully saturated rings. The lowest BCUT2D eigenvalue weighted by Crippen LogP contribution is -2.40. The molecule has 1 aliphatic rings. The first kappa shape index (κ1) is 17.0. The molecule has 1 heterocycles. The first-order chi connectivity index (χ1) is 12.2. The molecular weight excluding hydrogens is 320 g/mol. The van der Waals surface area contributed by atoms with E-state index >= 15 is 0 Å². The summed E-state index contributed by atoms with van der Waals surface area (Å²) in [5.41, 5.74) is 1.58. The van der Waals surface area contributed by atoms with Crippen LogP contribution in [0.1, 0.15) is 17.0 Å². The molecule has 0 atom stereocenters. The first-order valence-corrected chi connectivity index (χ1v) is 8.09. The van der Waals surface area contributed by atoms with Gasteiger partial charge in [0, 0.05) is 24.8 Å². The third-order valence-corrected chi connectivity index (χ3v) is 3.99. The molecule has 6 heteroatoms. The third kappa shape index (κ3) is 3.80. The van der Waals surface area contributed by atoms with Crippen LogP contribution in [0.2, 0.25) is 0 Å². The maximum Gasteiger partial charge on any atom is 0.239 e. The number of carbonyl (C=O) groups is 2. The molecule has 0 unspecified atom stereocenters. The van der Waals surface area contributed by atoms with Gasteiger partial charge in [0.15, 0.2) is 0 Å². The van der Waals surface area contributed by atoms with E-state index in [2.05, 4.69) is 10.6 Å². The summed E-state index contributed by atoms with van der Waals surface area (Å²) >= 11 is 0. The SMILES string of the molecule is COCCNC(=O)CNC(=O)C1c2ccccc2Oc2ccccc21. The zero-order chi connectivity index (χ0) is 17.6. The fourth-order valence-electron chi connectivity index (χ4n) is 2.82. The van der Waals surface area contributed by atoms with Gasteiger partial charge in [0.05, 0.1) is 19.1 Å². The number of nitrogens with one attached hydrogen (secondary N) is 2. The van der Waals surface area contributed by atoms with Crippen LogP contribution < -0.4 is 15.4 Å². The molecule has 6 nitrogen and oxygen atoms in total. The summed E-state index contributed by atoms with van der Waals surface area (Å²) in [6.45, 7) is 0.763. The highest BCUT2D eigenvalue weighted by Gasteiger charge is 2.32. The molecule has 0 spiro atoms. The highest BCUT2D eigenvalue weighted by molar-refractivity contribution is 5.92. The average molecular weight is 340 g/mol. The number of fused-ring (bicyclic) bond motifs is 2. The second-order valence-corrected chi connectivity index (χ2v) is 5.67. The second kappa shape index (κ2) is 7.81. The maximum atomic E-state index is 12.8. The van der Waals surface area contributed by atoms with Crippen molar-refractivity contribution in [2.24, 2.45) is 0 Å². The van der Waals surface area contributed by atoms with Gasteiger partial charge in [0.25, 0.3) is 0 Å². The minimum Gasteiger partial charge on any atom is -0.457 e. The third-order valence-electron chi connectivity index (χ3n) is 3.99. The van der Waals surface area contributed by atoms with Gasteiger partial charge in [-0.05, 0) is 12.1 Å². The quantitative estimate of drug-likeness (QED) is 0.786. The van der Waals surface area contributed by atoms with E-state index in [1.165, 1.54) is 0 Å². The average Bonchev–Trinajstić information content (AvgIpc) is 2.64. The zero-order valence-corrected chi connectivity index (χ0v) is 14.0. The molecule has 2 N–H and O–H groups in total. The Hall–Kier alpha value is -2.86. The number of ether oxygens (including phenoxy) is 2. The van der Waals surface area contributed by atoms with Gasteiger partial charge in [-0.15, -0.1) is 0 Å². The van der Waals surface area contributed by atoms with Crippen molar-refractivity contribution in [2.45, 2.75) is 5.92 Å². The first-order valence-electron chi connectivity index (χ1n) is 8.09. The summed E-state index contributed by atoms with van der Waals surface area (Å²) in [6.07, 6.45) is 0. The van der Waals surface area contributed by atoms with Crippen molar-refractivity contribution in [3.63, 3.8) is 0 Å². The van der Waals surface area contributed by atoms with Crippen LogP contribution in [-0.2, 0) is 14.3 Å². The Bertz CT molecular complexity index is 730. The molecule has 130 valence electrons. The normalized spacial score (nSPS) is 12.5. The summed E-state index contributed by atoms with van der Waals surface area (Å²) in [6, 6.07) is 14.9. The topological polar surface area (TPSA) is 76.7 Å². The predicted octanol–water partition coefficient (Wildman–Crippen LogP) is 1.80. The molecule has 0 aromatic heterocycles. The van der Waals surface area contributed by atoms with E-state index in [-0.39, 0.29) is 18.4 Å². The Balaban J connectivity index is 1.75. The Labute approximate surface area is 146 Å².